The van der Waals surface area contributed by atoms with Crippen LogP contribution in [-0.4, -0.2) is 53.6 Å². The number of aliphatic imine (C=N–C) groups is 1. The number of amides is 2. The fourth-order valence-corrected chi connectivity index (χ4v) is 5.44. The molecule has 0 saturated heterocycles. The predicted octanol–water partition coefficient (Wildman–Crippen LogP) is 3.08. The Balaban J connectivity index is 1.51. The Kier molecular flexibility index (Phi) is 6.40. The highest BCUT2D eigenvalue weighted by Gasteiger charge is 2.52. The third-order valence-corrected chi connectivity index (χ3v) is 7.08. The molecular weight excluding hydrogens is 432 g/mol. The van der Waals surface area contributed by atoms with Crippen LogP contribution in [0.1, 0.15) is 70.5 Å². The van der Waals surface area contributed by atoms with Crippen LogP contribution in [-0.2, 0) is 14.3 Å². The number of nitrogens with two attached hydrogens (primary N) is 1. The van der Waals surface area contributed by atoms with Crippen molar-refractivity contribution in [3.63, 3.8) is 0 Å². The van der Waals surface area contributed by atoms with E-state index in [0.717, 1.165) is 16.9 Å². The summed E-state index contributed by atoms with van der Waals surface area (Å²) in [6, 6.07) is 5.78. The molecule has 1 aliphatic carbocycles. The van der Waals surface area contributed by atoms with Crippen LogP contribution >= 0.6 is 0 Å². The average Bonchev–Trinajstić information content (AvgIpc) is 3.50. The molecule has 186 valence electrons. The Labute approximate surface area is 202 Å². The first-order valence-corrected chi connectivity index (χ1v) is 12.2. The molecule has 1 aromatic rings. The third kappa shape index (κ3) is 5.06. The molecule has 4 rings (SSSR count). The van der Waals surface area contributed by atoms with E-state index in [-0.39, 0.29) is 47.3 Å². The minimum absolute atomic E-state index is 0.0165. The molecule has 0 radical (unpaired) electrons. The highest BCUT2D eigenvalue weighted by Crippen LogP contribution is 2.47. The Morgan fingerprint density at radius 1 is 1.35 bits per heavy atom. The number of methoxy groups -OCH3 is 1. The zero-order valence-electron chi connectivity index (χ0n) is 21.2. The topological polar surface area (TPSA) is 106 Å². The van der Waals surface area contributed by atoms with Gasteiger partial charge in [0, 0.05) is 37.7 Å². The minimum atomic E-state index is -0.509. The second-order valence-electron chi connectivity index (χ2n) is 11.2. The SMILES string of the molecule is COCC[C@H]([C@H]1C[C@@H]1C(=O)N[C@H]1CC(C)(C)Oc2ccc(C)cc21)N1C(=O)CC(C)(C)N=C1N. The van der Waals surface area contributed by atoms with Gasteiger partial charge in [-0.15, -0.1) is 0 Å². The zero-order valence-corrected chi connectivity index (χ0v) is 21.2. The fraction of sp³-hybridized carbons (Fsp3) is 0.654. The van der Waals surface area contributed by atoms with Gasteiger partial charge in [0.25, 0.3) is 0 Å². The van der Waals surface area contributed by atoms with Crippen molar-refractivity contribution in [2.75, 3.05) is 13.7 Å². The van der Waals surface area contributed by atoms with E-state index in [1.807, 2.05) is 46.8 Å². The second-order valence-corrected chi connectivity index (χ2v) is 11.2. The van der Waals surface area contributed by atoms with Crippen LogP contribution in [0.3, 0.4) is 0 Å². The number of rotatable bonds is 7. The van der Waals surface area contributed by atoms with Crippen molar-refractivity contribution in [3.8, 4) is 5.75 Å². The van der Waals surface area contributed by atoms with Gasteiger partial charge >= 0.3 is 0 Å². The molecule has 8 heteroatoms. The number of guanidine groups is 1. The Morgan fingerprint density at radius 2 is 2.09 bits per heavy atom. The van der Waals surface area contributed by atoms with Crippen LogP contribution in [0, 0.1) is 18.8 Å². The number of ether oxygens (including phenoxy) is 2. The Bertz CT molecular complexity index is 1000. The van der Waals surface area contributed by atoms with E-state index in [1.165, 1.54) is 0 Å². The van der Waals surface area contributed by atoms with Crippen LogP contribution in [0.5, 0.6) is 5.75 Å². The number of carbonyl (C=O) groups is 2. The fourth-order valence-electron chi connectivity index (χ4n) is 5.44. The number of carbonyl (C=O) groups excluding carboxylic acids is 2. The molecule has 0 bridgehead atoms. The average molecular weight is 471 g/mol. The van der Waals surface area contributed by atoms with Gasteiger partial charge in [0.1, 0.15) is 11.4 Å². The number of hydrogen-bond donors (Lipinski definition) is 2. The van der Waals surface area contributed by atoms with Gasteiger partial charge in [-0.3, -0.25) is 14.5 Å². The predicted molar refractivity (Wildman–Crippen MR) is 130 cm³/mol. The Morgan fingerprint density at radius 3 is 2.76 bits per heavy atom. The molecule has 2 amide bonds. The van der Waals surface area contributed by atoms with Crippen molar-refractivity contribution in [1.29, 1.82) is 0 Å². The van der Waals surface area contributed by atoms with E-state index < -0.39 is 5.54 Å². The lowest BCUT2D eigenvalue weighted by Crippen LogP contribution is -2.55. The van der Waals surface area contributed by atoms with Gasteiger partial charge < -0.3 is 20.5 Å². The number of benzene rings is 1. The molecule has 0 unspecified atom stereocenters. The van der Waals surface area contributed by atoms with Crippen LogP contribution in [0.25, 0.3) is 0 Å². The third-order valence-electron chi connectivity index (χ3n) is 7.08. The summed E-state index contributed by atoms with van der Waals surface area (Å²) in [6.07, 6.45) is 2.32. The number of fused-ring (bicyclic) bond motifs is 1. The van der Waals surface area contributed by atoms with Gasteiger partial charge in [-0.05, 0) is 59.4 Å². The molecule has 0 spiro atoms. The second kappa shape index (κ2) is 8.87. The molecule has 34 heavy (non-hydrogen) atoms. The lowest BCUT2D eigenvalue weighted by atomic mass is 9.88. The molecule has 3 aliphatic rings. The van der Waals surface area contributed by atoms with Crippen molar-refractivity contribution in [2.24, 2.45) is 22.6 Å². The van der Waals surface area contributed by atoms with Gasteiger partial charge in [-0.1, -0.05) is 17.7 Å². The van der Waals surface area contributed by atoms with E-state index in [4.69, 9.17) is 15.2 Å². The van der Waals surface area contributed by atoms with Crippen molar-refractivity contribution in [3.05, 3.63) is 29.3 Å². The summed E-state index contributed by atoms with van der Waals surface area (Å²) < 4.78 is 11.5. The van der Waals surface area contributed by atoms with E-state index in [9.17, 15) is 9.59 Å². The van der Waals surface area contributed by atoms with Crippen molar-refractivity contribution >= 4 is 17.8 Å². The zero-order chi connectivity index (χ0) is 24.8. The highest BCUT2D eigenvalue weighted by molar-refractivity contribution is 5.99. The maximum atomic E-state index is 13.4. The quantitative estimate of drug-likeness (QED) is 0.637. The first-order valence-electron chi connectivity index (χ1n) is 12.2. The molecule has 8 nitrogen and oxygen atoms in total. The molecule has 2 aliphatic heterocycles. The lowest BCUT2D eigenvalue weighted by Gasteiger charge is -2.39. The van der Waals surface area contributed by atoms with Gasteiger partial charge in [0.2, 0.25) is 11.8 Å². The van der Waals surface area contributed by atoms with Crippen molar-refractivity contribution in [2.45, 2.75) is 83.5 Å². The smallest absolute Gasteiger partial charge is 0.231 e. The summed E-state index contributed by atoms with van der Waals surface area (Å²) in [7, 11) is 1.64. The number of nitrogens with zero attached hydrogens (tertiary/aromatic N) is 2. The molecule has 1 saturated carbocycles. The minimum Gasteiger partial charge on any atom is -0.487 e. The van der Waals surface area contributed by atoms with Crippen LogP contribution in [0.4, 0.5) is 0 Å². The van der Waals surface area contributed by atoms with Gasteiger partial charge in [0.05, 0.1) is 18.0 Å². The van der Waals surface area contributed by atoms with Gasteiger partial charge in [-0.2, -0.15) is 0 Å². The molecule has 1 aromatic carbocycles. The molecule has 4 atom stereocenters. The number of aryl methyl sites for hydroxylation is 1. The largest absolute Gasteiger partial charge is 0.487 e. The maximum Gasteiger partial charge on any atom is 0.231 e. The van der Waals surface area contributed by atoms with Crippen LogP contribution in [0.2, 0.25) is 0 Å². The summed E-state index contributed by atoms with van der Waals surface area (Å²) in [5.41, 5.74) is 7.52. The summed E-state index contributed by atoms with van der Waals surface area (Å²) in [5, 5.41) is 3.28. The monoisotopic (exact) mass is 470 g/mol. The first-order chi connectivity index (χ1) is 15.9. The maximum absolute atomic E-state index is 13.4. The number of nitrogens with one attached hydrogen (secondary N) is 1. The van der Waals surface area contributed by atoms with Crippen molar-refractivity contribution in [1.82, 2.24) is 10.2 Å². The molecule has 1 fully saturated rings. The lowest BCUT2D eigenvalue weighted by molar-refractivity contribution is -0.132. The van der Waals surface area contributed by atoms with E-state index >= 15 is 0 Å². The Hall–Kier alpha value is -2.61. The highest BCUT2D eigenvalue weighted by atomic mass is 16.5. The van der Waals surface area contributed by atoms with Crippen LogP contribution < -0.4 is 15.8 Å². The van der Waals surface area contributed by atoms with Crippen molar-refractivity contribution < 1.29 is 19.1 Å². The molecule has 2 heterocycles. The van der Waals surface area contributed by atoms with Gasteiger partial charge in [-0.25, -0.2) is 4.99 Å². The molecule has 0 aromatic heterocycles. The summed E-state index contributed by atoms with van der Waals surface area (Å²) >= 11 is 0. The standard InChI is InChI=1S/C26H38N4O4/c1-15-7-8-21-18(11-15)19(13-26(4,5)34-21)28-23(32)17-12-16(17)20(9-10-33-6)30-22(31)14-25(2,3)29-24(30)27/h7-8,11,16-17,19-20H,9-10,12-14H2,1-6H3,(H2,27,29)(H,28,32)/t16-,17-,19-,20+/m0/s1. The summed E-state index contributed by atoms with van der Waals surface area (Å²) in [6.45, 7) is 10.4. The molecular formula is C26H38N4O4. The summed E-state index contributed by atoms with van der Waals surface area (Å²) in [5.74, 6) is 0.894. The van der Waals surface area contributed by atoms with E-state index in [2.05, 4.69) is 16.4 Å². The van der Waals surface area contributed by atoms with Gasteiger partial charge in [0.15, 0.2) is 5.96 Å². The normalized spacial score (nSPS) is 27.8. The van der Waals surface area contributed by atoms with E-state index in [1.54, 1.807) is 12.0 Å². The molecule has 3 N–H and O–H groups in total. The number of hydrogen-bond acceptors (Lipinski definition) is 6. The van der Waals surface area contributed by atoms with E-state index in [0.29, 0.717) is 32.3 Å². The summed E-state index contributed by atoms with van der Waals surface area (Å²) in [4.78, 5) is 32.5. The van der Waals surface area contributed by atoms with Crippen LogP contribution in [0.15, 0.2) is 23.2 Å². The first kappa shape index (κ1) is 24.5.